The molecule has 11 heteroatoms. The number of para-hydroxylation sites is 1. The number of rotatable bonds is 6. The average molecular weight is 753 g/mol. The van der Waals surface area contributed by atoms with Crippen LogP contribution in [0.2, 0.25) is 0 Å². The van der Waals surface area contributed by atoms with E-state index < -0.39 is 39.5 Å². The fourth-order valence-corrected chi connectivity index (χ4v) is 13.2. The van der Waals surface area contributed by atoms with Crippen LogP contribution < -0.4 is 9.64 Å². The van der Waals surface area contributed by atoms with Crippen LogP contribution in [0, 0.1) is 11.3 Å². The summed E-state index contributed by atoms with van der Waals surface area (Å²) in [7, 11) is 6.44. The van der Waals surface area contributed by atoms with Gasteiger partial charge in [0.2, 0.25) is 0 Å². The van der Waals surface area contributed by atoms with E-state index in [0.717, 1.165) is 72.4 Å². The van der Waals surface area contributed by atoms with Crippen LogP contribution in [0.15, 0.2) is 48.6 Å². The molecule has 6 heterocycles. The zero-order chi connectivity index (χ0) is 38.7. The maximum atomic E-state index is 15.2. The van der Waals surface area contributed by atoms with Gasteiger partial charge < -0.3 is 34.3 Å². The molecule has 55 heavy (non-hydrogen) atoms. The largest absolute Gasteiger partial charge is 0.496 e. The topological polar surface area (TPSA) is 128 Å². The molecule has 1 spiro atoms. The Kier molecular flexibility index (Phi) is 8.38. The number of carbonyl (C=O) groups excluding carboxylic acids is 2. The van der Waals surface area contributed by atoms with Gasteiger partial charge in [0, 0.05) is 84.0 Å². The number of benzene rings is 2. The van der Waals surface area contributed by atoms with E-state index in [4.69, 9.17) is 14.2 Å². The second-order valence-electron chi connectivity index (χ2n) is 17.6. The van der Waals surface area contributed by atoms with Crippen molar-refractivity contribution in [2.24, 2.45) is 11.3 Å². The monoisotopic (exact) mass is 752 g/mol. The highest BCUT2D eigenvalue weighted by molar-refractivity contribution is 5.94. The lowest BCUT2D eigenvalue weighted by molar-refractivity contribution is -0.181. The second-order valence-corrected chi connectivity index (χ2v) is 17.6. The van der Waals surface area contributed by atoms with Crippen LogP contribution in [0.5, 0.6) is 5.75 Å². The minimum absolute atomic E-state index is 0.000384. The van der Waals surface area contributed by atoms with Gasteiger partial charge >= 0.3 is 11.9 Å². The highest BCUT2D eigenvalue weighted by atomic mass is 16.5. The van der Waals surface area contributed by atoms with Gasteiger partial charge in [-0.3, -0.25) is 14.6 Å². The van der Waals surface area contributed by atoms with Gasteiger partial charge in [-0.25, -0.2) is 4.79 Å². The fraction of sp³-hybridized carbons (Fsp3) is 0.591. The number of esters is 2. The number of nitrogens with zero attached hydrogens (tertiary/aromatic N) is 3. The summed E-state index contributed by atoms with van der Waals surface area (Å²) < 4.78 is 17.8. The number of anilines is 1. The Morgan fingerprint density at radius 2 is 1.75 bits per heavy atom. The molecule has 9 atom stereocenters. The number of methoxy groups -OCH3 is 3. The summed E-state index contributed by atoms with van der Waals surface area (Å²) in [6.45, 7) is 7.89. The first kappa shape index (κ1) is 36.7. The summed E-state index contributed by atoms with van der Waals surface area (Å²) in [6.07, 6.45) is 8.41. The van der Waals surface area contributed by atoms with E-state index in [2.05, 4.69) is 57.0 Å². The van der Waals surface area contributed by atoms with E-state index in [0.29, 0.717) is 43.5 Å². The molecule has 3 aromatic rings. The maximum absolute atomic E-state index is 15.2. The minimum Gasteiger partial charge on any atom is -0.496 e. The van der Waals surface area contributed by atoms with Crippen molar-refractivity contribution in [2.75, 3.05) is 66.0 Å². The Balaban J connectivity index is 1.36. The van der Waals surface area contributed by atoms with Gasteiger partial charge in [0.25, 0.3) is 0 Å². The van der Waals surface area contributed by atoms with E-state index in [9.17, 15) is 15.0 Å². The van der Waals surface area contributed by atoms with Crippen molar-refractivity contribution in [3.05, 3.63) is 70.9 Å². The highest BCUT2D eigenvalue weighted by Gasteiger charge is 2.75. The SMILES string of the molecule is CC[C@@]1(O)C[C@@H]2CN(CCc3c([nH]c4ccccc34)[C@@](C(=O)OC)(c3cc4c(cc3OC)N(C)[C@@H]3[C@]45CCN4CC=C[C@@](CC)(C[C@]3(O)C(=O)OC)[C@H]45)C2)C1. The van der Waals surface area contributed by atoms with Gasteiger partial charge in [-0.15, -0.1) is 0 Å². The number of likely N-dealkylation sites (N-methyl/N-ethyl adjacent to an activating group) is 1. The van der Waals surface area contributed by atoms with Crippen LogP contribution in [0.25, 0.3) is 10.9 Å². The molecule has 0 radical (unpaired) electrons. The van der Waals surface area contributed by atoms with Crippen molar-refractivity contribution in [2.45, 2.75) is 92.9 Å². The number of aliphatic hydroxyl groups is 2. The van der Waals surface area contributed by atoms with E-state index in [1.807, 2.05) is 32.2 Å². The Labute approximate surface area is 323 Å². The lowest BCUT2D eigenvalue weighted by Gasteiger charge is -2.60. The summed E-state index contributed by atoms with van der Waals surface area (Å²) >= 11 is 0. The molecule has 11 nitrogen and oxygen atoms in total. The molecule has 2 saturated heterocycles. The molecule has 3 N–H and O–H groups in total. The lowest BCUT2D eigenvalue weighted by Crippen LogP contribution is -2.74. The molecule has 0 amide bonds. The summed E-state index contributed by atoms with van der Waals surface area (Å²) in [5, 5.41) is 25.9. The first-order chi connectivity index (χ1) is 26.4. The Hall–Kier alpha value is -3.90. The second kappa shape index (κ2) is 12.6. The maximum Gasteiger partial charge on any atom is 0.340 e. The van der Waals surface area contributed by atoms with Crippen molar-refractivity contribution >= 4 is 28.5 Å². The van der Waals surface area contributed by atoms with E-state index in [1.165, 1.54) is 14.2 Å². The molecule has 1 aliphatic carbocycles. The normalized spacial score (nSPS) is 37.6. The molecule has 1 aromatic heterocycles. The molecular weight excluding hydrogens is 697 g/mol. The zero-order valence-corrected chi connectivity index (χ0v) is 33.1. The van der Waals surface area contributed by atoms with Crippen molar-refractivity contribution in [3.63, 3.8) is 0 Å². The highest BCUT2D eigenvalue weighted by Crippen LogP contribution is 2.67. The number of nitrogens with one attached hydrogen (secondary N) is 1. The number of hydrogen-bond acceptors (Lipinski definition) is 10. The minimum atomic E-state index is -1.81. The van der Waals surface area contributed by atoms with Gasteiger partial charge in [-0.1, -0.05) is 44.2 Å². The number of fused-ring (bicyclic) bond motifs is 6. The number of hydrogen-bond donors (Lipinski definition) is 3. The predicted octanol–water partition coefficient (Wildman–Crippen LogP) is 4.45. The first-order valence-electron chi connectivity index (χ1n) is 20.2. The van der Waals surface area contributed by atoms with Crippen LogP contribution in [0.1, 0.15) is 74.8 Å². The standard InChI is InChI=1S/C44H56N4O7/c1-7-40-15-11-17-48-19-16-42(36(40)48)30-20-31(34(53-4)21-33(30)46(3)37(42)44(52,25-40)39(50)55-6)43(38(49)54-5)23-27-22-41(51,8-2)26-47(24-27)18-14-29-28-12-9-10-13-32(28)45-35(29)43/h9-13,15,20-21,27,36-37,45,51-52H,7-8,14,16-19,22-26H2,1-6H3/t27-,36-,37+,40-,41+,42+,43-,44+/m0/s1. The molecule has 2 bridgehead atoms. The van der Waals surface area contributed by atoms with Crippen molar-refractivity contribution in [1.29, 1.82) is 0 Å². The van der Waals surface area contributed by atoms with Crippen molar-refractivity contribution < 1.29 is 34.0 Å². The summed E-state index contributed by atoms with van der Waals surface area (Å²) in [5.41, 5.74) is 0.205. The Morgan fingerprint density at radius 3 is 2.47 bits per heavy atom. The quantitative estimate of drug-likeness (QED) is 0.246. The van der Waals surface area contributed by atoms with E-state index in [1.54, 1.807) is 7.11 Å². The number of carbonyl (C=O) groups is 2. The fourth-order valence-electron chi connectivity index (χ4n) is 13.2. The zero-order valence-electron chi connectivity index (χ0n) is 33.1. The number of ether oxygens (including phenoxy) is 3. The predicted molar refractivity (Wildman–Crippen MR) is 209 cm³/mol. The van der Waals surface area contributed by atoms with Crippen LogP contribution in [0.4, 0.5) is 5.69 Å². The van der Waals surface area contributed by atoms with Gasteiger partial charge in [0.15, 0.2) is 5.60 Å². The average Bonchev–Trinajstić information content (AvgIpc) is 3.85. The smallest absolute Gasteiger partial charge is 0.340 e. The molecule has 1 unspecified atom stereocenters. The van der Waals surface area contributed by atoms with Gasteiger partial charge in [-0.05, 0) is 80.7 Å². The molecule has 9 rings (SSSR count). The summed E-state index contributed by atoms with van der Waals surface area (Å²) in [4.78, 5) is 40.0. The van der Waals surface area contributed by atoms with Gasteiger partial charge in [0.1, 0.15) is 11.2 Å². The van der Waals surface area contributed by atoms with Crippen LogP contribution >= 0.6 is 0 Å². The van der Waals surface area contributed by atoms with E-state index in [-0.39, 0.29) is 24.3 Å². The van der Waals surface area contributed by atoms with Crippen molar-refractivity contribution in [1.82, 2.24) is 14.8 Å². The molecule has 6 aliphatic rings. The number of aromatic nitrogens is 1. The first-order valence-corrected chi connectivity index (χ1v) is 20.2. The van der Waals surface area contributed by atoms with Crippen LogP contribution in [0.3, 0.4) is 0 Å². The third kappa shape index (κ3) is 4.76. The molecule has 5 aliphatic heterocycles. The Morgan fingerprint density at radius 1 is 0.964 bits per heavy atom. The van der Waals surface area contributed by atoms with Crippen LogP contribution in [-0.2, 0) is 36.3 Å². The van der Waals surface area contributed by atoms with Crippen molar-refractivity contribution in [3.8, 4) is 5.75 Å². The molecule has 294 valence electrons. The molecular formula is C44H56N4O7. The van der Waals surface area contributed by atoms with Gasteiger partial charge in [-0.2, -0.15) is 0 Å². The van der Waals surface area contributed by atoms with Gasteiger partial charge in [0.05, 0.1) is 33.0 Å². The summed E-state index contributed by atoms with van der Waals surface area (Å²) in [6, 6.07) is 11.8. The third-order valence-electron chi connectivity index (χ3n) is 15.2. The number of aromatic amines is 1. The molecule has 2 aromatic carbocycles. The third-order valence-corrected chi connectivity index (χ3v) is 15.2. The number of H-pyrrole nitrogens is 1. The lowest BCUT2D eigenvalue weighted by atomic mass is 9.49. The van der Waals surface area contributed by atoms with Crippen LogP contribution in [-0.4, -0.2) is 121 Å². The molecule has 3 fully saturated rings. The number of piperidine rings is 1. The van der Waals surface area contributed by atoms with E-state index >= 15 is 4.79 Å². The Bertz CT molecular complexity index is 2100. The summed E-state index contributed by atoms with van der Waals surface area (Å²) in [5.74, 6) is -0.513. The molecule has 1 saturated carbocycles.